The van der Waals surface area contributed by atoms with Gasteiger partial charge in [-0.2, -0.15) is 0 Å². The highest BCUT2D eigenvalue weighted by molar-refractivity contribution is 5.80. The van der Waals surface area contributed by atoms with Gasteiger partial charge in [0.15, 0.2) is 5.90 Å². The molecule has 0 heterocycles. The molecule has 0 radical (unpaired) electrons. The minimum absolute atomic E-state index is 0.0272. The fourth-order valence-electron chi connectivity index (χ4n) is 0.997. The first-order valence-electron chi connectivity index (χ1n) is 4.64. The summed E-state index contributed by atoms with van der Waals surface area (Å²) in [6.07, 6.45) is 0. The summed E-state index contributed by atoms with van der Waals surface area (Å²) < 4.78 is 5.32. The molecule has 1 aromatic rings. The summed E-state index contributed by atoms with van der Waals surface area (Å²) in [6, 6.07) is 9.74. The minimum atomic E-state index is -0.460. The van der Waals surface area contributed by atoms with Gasteiger partial charge in [0, 0.05) is 6.92 Å². The van der Waals surface area contributed by atoms with E-state index in [0.717, 1.165) is 5.56 Å². The first-order chi connectivity index (χ1) is 7.18. The molecule has 4 nitrogen and oxygen atoms in total. The normalized spacial score (nSPS) is 11.1. The van der Waals surface area contributed by atoms with Crippen LogP contribution in [0.4, 0.5) is 0 Å². The lowest BCUT2D eigenvalue weighted by Gasteiger charge is -2.04. The number of benzene rings is 1. The number of carbonyl (C=O) groups is 1. The standard InChI is InChI=1S/C11H14N2O2/c1-9(13-7-11(12)14)15-8-10-5-3-2-4-6-10/h2-6H,7-8H2,1H3,(H2,12,14). The zero-order valence-corrected chi connectivity index (χ0v) is 8.64. The number of aliphatic imine (C=N–C) groups is 1. The molecule has 4 heteroatoms. The molecule has 0 aliphatic heterocycles. The topological polar surface area (TPSA) is 64.7 Å². The van der Waals surface area contributed by atoms with Gasteiger partial charge in [0.05, 0.1) is 0 Å². The van der Waals surface area contributed by atoms with Gasteiger partial charge in [0.2, 0.25) is 5.91 Å². The van der Waals surface area contributed by atoms with E-state index in [0.29, 0.717) is 12.5 Å². The summed E-state index contributed by atoms with van der Waals surface area (Å²) in [6.45, 7) is 2.13. The zero-order valence-electron chi connectivity index (χ0n) is 8.64. The van der Waals surface area contributed by atoms with Gasteiger partial charge in [0.25, 0.3) is 0 Å². The van der Waals surface area contributed by atoms with Gasteiger partial charge >= 0.3 is 0 Å². The third-order valence-corrected chi connectivity index (χ3v) is 1.75. The van der Waals surface area contributed by atoms with Crippen LogP contribution in [0.2, 0.25) is 0 Å². The molecule has 15 heavy (non-hydrogen) atoms. The molecule has 0 aromatic heterocycles. The van der Waals surface area contributed by atoms with Crippen molar-refractivity contribution in [3.8, 4) is 0 Å². The number of ether oxygens (including phenoxy) is 1. The molecule has 0 aliphatic rings. The lowest BCUT2D eigenvalue weighted by Crippen LogP contribution is -2.15. The summed E-state index contributed by atoms with van der Waals surface area (Å²) in [4.78, 5) is 14.3. The SMILES string of the molecule is CC(=NCC(N)=O)OCc1ccccc1. The van der Waals surface area contributed by atoms with E-state index < -0.39 is 5.91 Å². The van der Waals surface area contributed by atoms with E-state index in [9.17, 15) is 4.79 Å². The van der Waals surface area contributed by atoms with Crippen LogP contribution in [0.5, 0.6) is 0 Å². The Hall–Kier alpha value is -1.84. The van der Waals surface area contributed by atoms with Crippen molar-refractivity contribution in [2.45, 2.75) is 13.5 Å². The Morgan fingerprint density at radius 2 is 2.07 bits per heavy atom. The van der Waals surface area contributed by atoms with Crippen LogP contribution in [0.3, 0.4) is 0 Å². The molecule has 0 spiro atoms. The summed E-state index contributed by atoms with van der Waals surface area (Å²) in [5, 5.41) is 0. The van der Waals surface area contributed by atoms with Crippen molar-refractivity contribution in [1.29, 1.82) is 0 Å². The molecule has 80 valence electrons. The first kappa shape index (κ1) is 11.2. The van der Waals surface area contributed by atoms with Gasteiger partial charge in [0.1, 0.15) is 13.2 Å². The van der Waals surface area contributed by atoms with Crippen molar-refractivity contribution in [3.63, 3.8) is 0 Å². The maximum Gasteiger partial charge on any atom is 0.239 e. The van der Waals surface area contributed by atoms with Crippen LogP contribution in [-0.2, 0) is 16.1 Å². The Balaban J connectivity index is 2.37. The van der Waals surface area contributed by atoms with E-state index in [1.54, 1.807) is 6.92 Å². The number of carbonyl (C=O) groups excluding carboxylic acids is 1. The average Bonchev–Trinajstić information content (AvgIpc) is 2.25. The largest absolute Gasteiger partial charge is 0.476 e. The molecular weight excluding hydrogens is 192 g/mol. The molecule has 1 amide bonds. The van der Waals surface area contributed by atoms with E-state index in [2.05, 4.69) is 4.99 Å². The summed E-state index contributed by atoms with van der Waals surface area (Å²) in [7, 11) is 0. The maximum atomic E-state index is 10.4. The average molecular weight is 206 g/mol. The molecule has 1 rings (SSSR count). The van der Waals surface area contributed by atoms with Crippen molar-refractivity contribution >= 4 is 11.8 Å². The molecule has 0 aliphatic carbocycles. The number of nitrogens with zero attached hydrogens (tertiary/aromatic N) is 1. The van der Waals surface area contributed by atoms with Crippen LogP contribution in [0, 0.1) is 0 Å². The highest BCUT2D eigenvalue weighted by Crippen LogP contribution is 2.00. The van der Waals surface area contributed by atoms with Crippen LogP contribution >= 0.6 is 0 Å². The monoisotopic (exact) mass is 206 g/mol. The number of amides is 1. The second-order valence-corrected chi connectivity index (χ2v) is 3.08. The van der Waals surface area contributed by atoms with Gasteiger partial charge in [-0.25, -0.2) is 4.99 Å². The Kier molecular flexibility index (Phi) is 4.34. The third kappa shape index (κ3) is 4.81. The van der Waals surface area contributed by atoms with Crippen molar-refractivity contribution < 1.29 is 9.53 Å². The molecule has 2 N–H and O–H groups in total. The van der Waals surface area contributed by atoms with Crippen molar-refractivity contribution in [1.82, 2.24) is 0 Å². The molecule has 0 saturated heterocycles. The molecule has 0 fully saturated rings. The van der Waals surface area contributed by atoms with E-state index in [-0.39, 0.29) is 6.54 Å². The highest BCUT2D eigenvalue weighted by Gasteiger charge is 1.95. The van der Waals surface area contributed by atoms with E-state index in [1.807, 2.05) is 30.3 Å². The number of primary amides is 1. The lowest BCUT2D eigenvalue weighted by atomic mass is 10.2. The van der Waals surface area contributed by atoms with E-state index in [4.69, 9.17) is 10.5 Å². The summed E-state index contributed by atoms with van der Waals surface area (Å²) in [5.41, 5.74) is 6.01. The minimum Gasteiger partial charge on any atom is -0.476 e. The van der Waals surface area contributed by atoms with E-state index >= 15 is 0 Å². The molecule has 1 aromatic carbocycles. The van der Waals surface area contributed by atoms with Crippen LogP contribution < -0.4 is 5.73 Å². The van der Waals surface area contributed by atoms with Crippen LogP contribution in [0.25, 0.3) is 0 Å². The predicted octanol–water partition coefficient (Wildman–Crippen LogP) is 1.11. The van der Waals surface area contributed by atoms with Gasteiger partial charge in [-0.1, -0.05) is 30.3 Å². The number of rotatable bonds is 4. The fourth-order valence-corrected chi connectivity index (χ4v) is 0.997. The maximum absolute atomic E-state index is 10.4. The second-order valence-electron chi connectivity index (χ2n) is 3.08. The molecule has 0 saturated carbocycles. The fraction of sp³-hybridized carbons (Fsp3) is 0.273. The Morgan fingerprint density at radius 1 is 1.40 bits per heavy atom. The smallest absolute Gasteiger partial charge is 0.239 e. The third-order valence-electron chi connectivity index (χ3n) is 1.75. The van der Waals surface area contributed by atoms with Crippen molar-refractivity contribution in [2.24, 2.45) is 10.7 Å². The highest BCUT2D eigenvalue weighted by atomic mass is 16.5. The summed E-state index contributed by atoms with van der Waals surface area (Å²) >= 11 is 0. The number of hydrogen-bond acceptors (Lipinski definition) is 3. The zero-order chi connectivity index (χ0) is 11.1. The number of nitrogens with two attached hydrogens (primary N) is 1. The predicted molar refractivity (Wildman–Crippen MR) is 58.4 cm³/mol. The molecule has 0 atom stereocenters. The lowest BCUT2D eigenvalue weighted by molar-refractivity contribution is -0.116. The summed E-state index contributed by atoms with van der Waals surface area (Å²) in [5.74, 6) is 0.00955. The van der Waals surface area contributed by atoms with Crippen molar-refractivity contribution in [3.05, 3.63) is 35.9 Å². The van der Waals surface area contributed by atoms with Crippen molar-refractivity contribution in [2.75, 3.05) is 6.54 Å². The number of hydrogen-bond donors (Lipinski definition) is 1. The first-order valence-corrected chi connectivity index (χ1v) is 4.64. The quantitative estimate of drug-likeness (QED) is 0.592. The van der Waals surface area contributed by atoms with Gasteiger partial charge in [-0.15, -0.1) is 0 Å². The Morgan fingerprint density at radius 3 is 2.67 bits per heavy atom. The van der Waals surface area contributed by atoms with Gasteiger partial charge in [-0.05, 0) is 5.56 Å². The van der Waals surface area contributed by atoms with Gasteiger partial charge in [-0.3, -0.25) is 4.79 Å². The van der Waals surface area contributed by atoms with E-state index in [1.165, 1.54) is 0 Å². The van der Waals surface area contributed by atoms with Crippen LogP contribution in [-0.4, -0.2) is 18.3 Å². The molecule has 0 unspecified atom stereocenters. The molecular formula is C11H14N2O2. The van der Waals surface area contributed by atoms with Crippen LogP contribution in [0.1, 0.15) is 12.5 Å². The second kappa shape index (κ2) is 5.80. The Bertz CT molecular complexity index is 347. The molecule has 0 bridgehead atoms. The van der Waals surface area contributed by atoms with Crippen LogP contribution in [0.15, 0.2) is 35.3 Å². The Labute approximate surface area is 88.8 Å². The van der Waals surface area contributed by atoms with Gasteiger partial charge < -0.3 is 10.5 Å².